The van der Waals surface area contributed by atoms with Crippen molar-refractivity contribution in [2.75, 3.05) is 0 Å². The fraction of sp³-hybridized carbons (Fsp3) is 0.160. The van der Waals surface area contributed by atoms with Crippen molar-refractivity contribution in [3.8, 4) is 22.4 Å². The molecule has 3 nitrogen and oxygen atoms in total. The number of nitrogens with one attached hydrogen (secondary N) is 1. The van der Waals surface area contributed by atoms with Crippen LogP contribution in [0.25, 0.3) is 28.5 Å². The Kier molecular flexibility index (Phi) is 6.25. The molecule has 1 aromatic heterocycles. The van der Waals surface area contributed by atoms with E-state index in [-0.39, 0.29) is 5.82 Å². The van der Waals surface area contributed by atoms with Crippen LogP contribution in [0.1, 0.15) is 25.1 Å². The summed E-state index contributed by atoms with van der Waals surface area (Å²) in [6.45, 7) is 5.35. The lowest BCUT2D eigenvalue weighted by Gasteiger charge is -2.10. The predicted molar refractivity (Wildman–Crippen MR) is 117 cm³/mol. The highest BCUT2D eigenvalue weighted by atomic mass is 19.1. The number of benzene rings is 2. The van der Waals surface area contributed by atoms with Gasteiger partial charge in [-0.25, -0.2) is 4.39 Å². The van der Waals surface area contributed by atoms with Crippen LogP contribution in [0.15, 0.2) is 79.1 Å². The van der Waals surface area contributed by atoms with E-state index in [1.807, 2.05) is 61.5 Å². The molecule has 1 heterocycles. The third-order valence-corrected chi connectivity index (χ3v) is 4.38. The summed E-state index contributed by atoms with van der Waals surface area (Å²) in [6, 6.07) is 19.0. The van der Waals surface area contributed by atoms with Gasteiger partial charge in [0.2, 0.25) is 0 Å². The molecule has 3 rings (SSSR count). The van der Waals surface area contributed by atoms with Gasteiger partial charge in [0.05, 0.1) is 11.3 Å². The molecule has 0 saturated carbocycles. The Morgan fingerprint density at radius 1 is 0.862 bits per heavy atom. The highest BCUT2D eigenvalue weighted by molar-refractivity contribution is 5.70. The molecule has 0 fully saturated rings. The van der Waals surface area contributed by atoms with Gasteiger partial charge in [0.1, 0.15) is 5.82 Å². The van der Waals surface area contributed by atoms with Gasteiger partial charge in [-0.2, -0.15) is 0 Å². The van der Waals surface area contributed by atoms with E-state index in [4.69, 9.17) is 0 Å². The molecule has 0 atom stereocenters. The number of aryl methyl sites for hydroxylation is 1. The Balaban J connectivity index is 1.89. The molecule has 0 amide bonds. The topological polar surface area (TPSA) is 48.9 Å². The van der Waals surface area contributed by atoms with Crippen LogP contribution >= 0.6 is 0 Å². The quantitative estimate of drug-likeness (QED) is 0.567. The average Bonchev–Trinajstić information content (AvgIpc) is 2.77. The number of aromatic nitrogens is 2. The second kappa shape index (κ2) is 8.84. The minimum absolute atomic E-state index is 0.368. The average molecular weight is 388 g/mol. The Bertz CT molecular complexity index is 1040. The first kappa shape index (κ1) is 20.5. The van der Waals surface area contributed by atoms with Crippen LogP contribution in [-0.4, -0.2) is 20.7 Å². The van der Waals surface area contributed by atoms with E-state index in [2.05, 4.69) is 9.97 Å². The molecule has 0 unspecified atom stereocenters. The smallest absolute Gasteiger partial charge is 0.148 e. The minimum atomic E-state index is -0.836. The Morgan fingerprint density at radius 3 is 2.03 bits per heavy atom. The van der Waals surface area contributed by atoms with E-state index in [0.717, 1.165) is 27.9 Å². The molecule has 2 N–H and O–H groups in total. The van der Waals surface area contributed by atoms with Crippen LogP contribution in [0, 0.1) is 12.7 Å². The number of hydrogen-bond donors (Lipinski definition) is 2. The Hall–Kier alpha value is -3.24. The molecule has 29 heavy (non-hydrogen) atoms. The van der Waals surface area contributed by atoms with Gasteiger partial charge < -0.3 is 10.1 Å². The third kappa shape index (κ3) is 5.87. The van der Waals surface area contributed by atoms with E-state index < -0.39 is 5.60 Å². The number of aromatic amines is 1. The first-order valence-electron chi connectivity index (χ1n) is 9.48. The van der Waals surface area contributed by atoms with E-state index in [0.29, 0.717) is 5.69 Å². The highest BCUT2D eigenvalue weighted by Gasteiger charge is 2.07. The summed E-state index contributed by atoms with van der Waals surface area (Å²) in [5, 5.41) is 9.79. The molecule has 0 radical (unpaired) electrons. The fourth-order valence-electron chi connectivity index (χ4n) is 2.82. The number of hydrogen-bond acceptors (Lipinski definition) is 2. The van der Waals surface area contributed by atoms with Gasteiger partial charge in [-0.05, 0) is 49.6 Å². The van der Waals surface area contributed by atoms with Gasteiger partial charge in [0, 0.05) is 23.7 Å². The maximum atomic E-state index is 14.6. The first-order chi connectivity index (χ1) is 13.8. The molecule has 0 spiro atoms. The molecule has 2 aromatic carbocycles. The Labute approximate surface area is 170 Å². The van der Waals surface area contributed by atoms with Gasteiger partial charge >= 0.3 is 0 Å². The number of rotatable bonds is 4. The third-order valence-electron chi connectivity index (χ3n) is 4.38. The van der Waals surface area contributed by atoms with Crippen LogP contribution in [0.2, 0.25) is 0 Å². The number of H-pyrrole nitrogens is 1. The normalized spacial score (nSPS) is 11.5. The van der Waals surface area contributed by atoms with Crippen molar-refractivity contribution in [2.45, 2.75) is 26.4 Å². The van der Waals surface area contributed by atoms with Crippen molar-refractivity contribution < 1.29 is 9.50 Å². The molecule has 148 valence electrons. The molecular weight excluding hydrogens is 363 g/mol. The lowest BCUT2D eigenvalue weighted by molar-refractivity contribution is 0.134. The second-order valence-corrected chi connectivity index (χ2v) is 7.50. The van der Waals surface area contributed by atoms with Crippen molar-refractivity contribution in [3.63, 3.8) is 0 Å². The van der Waals surface area contributed by atoms with Gasteiger partial charge in [-0.1, -0.05) is 60.7 Å². The number of nitrogens with zero attached hydrogens (tertiary/aromatic N) is 1. The zero-order chi connectivity index (χ0) is 20.9. The molecule has 0 bridgehead atoms. The minimum Gasteiger partial charge on any atom is -0.386 e. The van der Waals surface area contributed by atoms with Crippen molar-refractivity contribution in [1.82, 2.24) is 9.97 Å². The molecule has 0 aliphatic rings. The molecular formula is C25H25FN2O. The van der Waals surface area contributed by atoms with Gasteiger partial charge in [-0.3, -0.25) is 4.98 Å². The van der Waals surface area contributed by atoms with E-state index in [9.17, 15) is 9.50 Å². The number of halogens is 1. The lowest BCUT2D eigenvalue weighted by Crippen LogP contribution is -2.13. The molecule has 0 aliphatic heterocycles. The maximum absolute atomic E-state index is 14.6. The van der Waals surface area contributed by atoms with Crippen molar-refractivity contribution in [2.24, 2.45) is 0 Å². The SMILES string of the molecule is Cc1ccnccc(F)c(-c2ccc(-c3ccc(/C=C/C(C)(C)O)cc3)cc2)[nH]1. The predicted octanol–water partition coefficient (Wildman–Crippen LogP) is 6.10. The van der Waals surface area contributed by atoms with Crippen LogP contribution in [0.5, 0.6) is 0 Å². The summed E-state index contributed by atoms with van der Waals surface area (Å²) in [4.78, 5) is 7.11. The van der Waals surface area contributed by atoms with Crippen LogP contribution in [0.4, 0.5) is 4.39 Å². The lowest BCUT2D eigenvalue weighted by atomic mass is 10.0. The fourth-order valence-corrected chi connectivity index (χ4v) is 2.82. The molecule has 0 aliphatic carbocycles. The van der Waals surface area contributed by atoms with Gasteiger partial charge in [0.25, 0.3) is 0 Å². The molecule has 0 saturated heterocycles. The van der Waals surface area contributed by atoms with E-state index >= 15 is 0 Å². The van der Waals surface area contributed by atoms with Gasteiger partial charge in [0.15, 0.2) is 0 Å². The molecule has 3 aromatic rings. The van der Waals surface area contributed by atoms with Crippen LogP contribution < -0.4 is 0 Å². The standard InChI is InChI=1S/C25H25FN2O/c1-18-13-16-27-17-14-23(26)24(28-18)22-10-8-21(9-11-22)20-6-4-19(5-7-20)12-15-25(2,3)29/h4-17,28-29H,1-3H3/b15-12+,17-14?,18-13?,24-23?,27-16?. The molecule has 4 heteroatoms. The van der Waals surface area contributed by atoms with Crippen molar-refractivity contribution >= 4 is 6.08 Å². The second-order valence-electron chi connectivity index (χ2n) is 7.50. The number of aliphatic hydroxyl groups is 1. The summed E-state index contributed by atoms with van der Waals surface area (Å²) < 4.78 is 14.6. The monoisotopic (exact) mass is 388 g/mol. The van der Waals surface area contributed by atoms with Gasteiger partial charge in [-0.15, -0.1) is 0 Å². The maximum Gasteiger partial charge on any atom is 0.148 e. The largest absolute Gasteiger partial charge is 0.386 e. The van der Waals surface area contributed by atoms with Crippen molar-refractivity contribution in [1.29, 1.82) is 0 Å². The highest BCUT2D eigenvalue weighted by Crippen LogP contribution is 2.25. The van der Waals surface area contributed by atoms with E-state index in [1.54, 1.807) is 32.2 Å². The zero-order valence-electron chi connectivity index (χ0n) is 16.9. The zero-order valence-corrected chi connectivity index (χ0v) is 16.9. The van der Waals surface area contributed by atoms with Crippen LogP contribution in [-0.2, 0) is 0 Å². The summed E-state index contributed by atoms with van der Waals surface area (Å²) >= 11 is 0. The van der Waals surface area contributed by atoms with E-state index in [1.165, 1.54) is 12.3 Å². The summed E-state index contributed by atoms with van der Waals surface area (Å²) in [6.07, 6.45) is 6.73. The first-order valence-corrected chi connectivity index (χ1v) is 9.48. The summed E-state index contributed by atoms with van der Waals surface area (Å²) in [7, 11) is 0. The summed E-state index contributed by atoms with van der Waals surface area (Å²) in [5.74, 6) is -0.368. The van der Waals surface area contributed by atoms with Crippen LogP contribution in [0.3, 0.4) is 0 Å². The Morgan fingerprint density at radius 2 is 1.41 bits per heavy atom. The van der Waals surface area contributed by atoms with Crippen molar-refractivity contribution in [3.05, 3.63) is 96.2 Å². The summed E-state index contributed by atoms with van der Waals surface area (Å²) in [5.41, 5.74) is 4.28.